The lowest BCUT2D eigenvalue weighted by Gasteiger charge is -2.13. The fraction of sp³-hybridized carbons (Fsp3) is 0.154. The number of ether oxygens (including phenoxy) is 1. The van der Waals surface area contributed by atoms with E-state index < -0.39 is 0 Å². The van der Waals surface area contributed by atoms with E-state index in [0.717, 1.165) is 16.5 Å². The molecule has 1 aliphatic heterocycles. The van der Waals surface area contributed by atoms with Crippen LogP contribution in [0.25, 0.3) is 10.9 Å². The Hall–Kier alpha value is -4.13. The molecule has 1 amide bonds. The average Bonchev–Trinajstić information content (AvgIpc) is 3.19. The predicted octanol–water partition coefficient (Wildman–Crippen LogP) is 4.72. The van der Waals surface area contributed by atoms with E-state index in [9.17, 15) is 14.0 Å². The van der Waals surface area contributed by atoms with Crippen LogP contribution in [0.3, 0.4) is 0 Å². The first kappa shape index (κ1) is 20.8. The number of carbonyl (C=O) groups excluding carboxylic acids is 2. The summed E-state index contributed by atoms with van der Waals surface area (Å²) in [6.45, 7) is 1.87. The number of fused-ring (bicyclic) bond motifs is 2. The molecule has 1 N–H and O–H groups in total. The van der Waals surface area contributed by atoms with E-state index in [2.05, 4.69) is 15.3 Å². The number of Topliss-reactive ketones (excluding diaryl/α,β-unsaturated/α-hetero) is 1. The second kappa shape index (κ2) is 8.43. The molecule has 0 saturated heterocycles. The molecule has 0 bridgehead atoms. The van der Waals surface area contributed by atoms with Crippen molar-refractivity contribution in [2.45, 2.75) is 26.2 Å². The van der Waals surface area contributed by atoms with Gasteiger partial charge in [0.25, 0.3) is 0 Å². The summed E-state index contributed by atoms with van der Waals surface area (Å²) in [5.74, 6) is 1.01. The molecule has 1 aliphatic rings. The highest BCUT2D eigenvalue weighted by molar-refractivity contribution is 5.99. The molecule has 33 heavy (non-hydrogen) atoms. The molecule has 0 atom stereocenters. The third kappa shape index (κ3) is 4.17. The molecule has 0 spiro atoms. The summed E-state index contributed by atoms with van der Waals surface area (Å²) in [6.07, 6.45) is 3.59. The Morgan fingerprint density at radius 2 is 1.88 bits per heavy atom. The second-order valence-electron chi connectivity index (χ2n) is 8.07. The maximum Gasteiger partial charge on any atom is 0.230 e. The van der Waals surface area contributed by atoms with Crippen LogP contribution in [0.1, 0.15) is 22.3 Å². The van der Waals surface area contributed by atoms with E-state index in [1.165, 1.54) is 6.07 Å². The molecule has 0 aliphatic carbocycles. The fourth-order valence-electron chi connectivity index (χ4n) is 4.07. The van der Waals surface area contributed by atoms with Crippen molar-refractivity contribution in [3.8, 4) is 11.5 Å². The van der Waals surface area contributed by atoms with Crippen molar-refractivity contribution >= 4 is 28.4 Å². The van der Waals surface area contributed by atoms with Crippen LogP contribution in [0, 0.1) is 12.7 Å². The predicted molar refractivity (Wildman–Crippen MR) is 122 cm³/mol. The summed E-state index contributed by atoms with van der Waals surface area (Å²) in [7, 11) is 0. The van der Waals surface area contributed by atoms with Gasteiger partial charge in [-0.25, -0.2) is 9.37 Å². The van der Waals surface area contributed by atoms with E-state index in [-0.39, 0.29) is 36.8 Å². The minimum Gasteiger partial charge on any atom is -0.456 e. The molecule has 3 heterocycles. The smallest absolute Gasteiger partial charge is 0.230 e. The van der Waals surface area contributed by atoms with Gasteiger partial charge >= 0.3 is 0 Å². The standard InChI is InChI=1S/C26H20FN3O3/c1-15-4-6-21(27)17(11-15)13-18(31)12-16-5-7-22(19-3-2-9-28-25(16)19)33-23-8-10-29-26-20(23)14-24(32)30-26/h2-11H,12-14H2,1H3,(H,29,30,32). The molecule has 0 unspecified atom stereocenters. The number of hydrogen-bond acceptors (Lipinski definition) is 5. The number of rotatable bonds is 6. The number of hydrogen-bond donors (Lipinski definition) is 1. The first-order valence-electron chi connectivity index (χ1n) is 10.6. The van der Waals surface area contributed by atoms with Crippen molar-refractivity contribution in [3.05, 3.63) is 89.0 Å². The number of amides is 1. The van der Waals surface area contributed by atoms with Gasteiger partial charge in [0.1, 0.15) is 28.9 Å². The zero-order valence-electron chi connectivity index (χ0n) is 17.9. The topological polar surface area (TPSA) is 81.2 Å². The van der Waals surface area contributed by atoms with Gasteiger partial charge in [-0.3, -0.25) is 14.6 Å². The average molecular weight is 441 g/mol. The molecule has 2 aromatic heterocycles. The minimum atomic E-state index is -0.376. The summed E-state index contributed by atoms with van der Waals surface area (Å²) in [6, 6.07) is 13.8. The quantitative estimate of drug-likeness (QED) is 0.468. The zero-order valence-corrected chi connectivity index (χ0v) is 17.9. The number of ketones is 1. The number of halogens is 1. The second-order valence-corrected chi connectivity index (χ2v) is 8.07. The first-order chi connectivity index (χ1) is 16.0. The monoisotopic (exact) mass is 441 g/mol. The van der Waals surface area contributed by atoms with Crippen molar-refractivity contribution in [1.82, 2.24) is 9.97 Å². The Balaban J connectivity index is 1.43. The van der Waals surface area contributed by atoms with E-state index in [4.69, 9.17) is 4.74 Å². The van der Waals surface area contributed by atoms with Gasteiger partial charge in [-0.2, -0.15) is 0 Å². The highest BCUT2D eigenvalue weighted by Crippen LogP contribution is 2.36. The lowest BCUT2D eigenvalue weighted by molar-refractivity contribution is -0.118. The van der Waals surface area contributed by atoms with Crippen LogP contribution in [0.15, 0.2) is 60.9 Å². The number of aromatic nitrogens is 2. The van der Waals surface area contributed by atoms with Crippen LogP contribution in [-0.4, -0.2) is 21.7 Å². The molecule has 0 saturated carbocycles. The Labute approximate surface area is 189 Å². The summed E-state index contributed by atoms with van der Waals surface area (Å²) >= 11 is 0. The number of anilines is 1. The van der Waals surface area contributed by atoms with Crippen LogP contribution in [0.5, 0.6) is 11.5 Å². The van der Waals surface area contributed by atoms with Gasteiger partial charge in [-0.15, -0.1) is 0 Å². The largest absolute Gasteiger partial charge is 0.456 e. The van der Waals surface area contributed by atoms with E-state index in [0.29, 0.717) is 34.0 Å². The Morgan fingerprint density at radius 3 is 2.76 bits per heavy atom. The first-order valence-corrected chi connectivity index (χ1v) is 10.6. The zero-order chi connectivity index (χ0) is 22.9. The number of carbonyl (C=O) groups is 2. The van der Waals surface area contributed by atoms with Crippen molar-refractivity contribution in [1.29, 1.82) is 0 Å². The van der Waals surface area contributed by atoms with Gasteiger partial charge in [-0.1, -0.05) is 23.8 Å². The van der Waals surface area contributed by atoms with Crippen LogP contribution >= 0.6 is 0 Å². The molecule has 0 radical (unpaired) electrons. The van der Waals surface area contributed by atoms with E-state index in [1.807, 2.05) is 13.0 Å². The third-order valence-electron chi connectivity index (χ3n) is 5.62. The maximum atomic E-state index is 14.1. The maximum absolute atomic E-state index is 14.1. The number of pyridine rings is 2. The summed E-state index contributed by atoms with van der Waals surface area (Å²) < 4.78 is 20.3. The van der Waals surface area contributed by atoms with Gasteiger partial charge in [0.05, 0.1) is 11.9 Å². The fourth-order valence-corrected chi connectivity index (χ4v) is 4.07. The van der Waals surface area contributed by atoms with E-state index in [1.54, 1.807) is 48.8 Å². The van der Waals surface area contributed by atoms with Crippen LogP contribution in [-0.2, 0) is 28.9 Å². The van der Waals surface area contributed by atoms with Gasteiger partial charge in [0.15, 0.2) is 0 Å². The van der Waals surface area contributed by atoms with Crippen molar-refractivity contribution in [2.24, 2.45) is 0 Å². The highest BCUT2D eigenvalue weighted by atomic mass is 19.1. The molecule has 5 rings (SSSR count). The Morgan fingerprint density at radius 1 is 1.03 bits per heavy atom. The number of aryl methyl sites for hydroxylation is 1. The van der Waals surface area contributed by atoms with Crippen molar-refractivity contribution in [3.63, 3.8) is 0 Å². The summed E-state index contributed by atoms with van der Waals surface area (Å²) in [5.41, 5.74) is 3.40. The van der Waals surface area contributed by atoms with Gasteiger partial charge in [0.2, 0.25) is 5.91 Å². The van der Waals surface area contributed by atoms with E-state index >= 15 is 0 Å². The highest BCUT2D eigenvalue weighted by Gasteiger charge is 2.23. The van der Waals surface area contributed by atoms with Gasteiger partial charge in [0, 0.05) is 36.2 Å². The molecule has 0 fully saturated rings. The van der Waals surface area contributed by atoms with Crippen molar-refractivity contribution < 1.29 is 18.7 Å². The normalized spacial score (nSPS) is 12.5. The van der Waals surface area contributed by atoms with Crippen LogP contribution in [0.2, 0.25) is 0 Å². The lowest BCUT2D eigenvalue weighted by Crippen LogP contribution is -2.09. The molecule has 7 heteroatoms. The number of nitrogens with one attached hydrogen (secondary N) is 1. The lowest BCUT2D eigenvalue weighted by atomic mass is 9.99. The molecule has 164 valence electrons. The number of benzene rings is 2. The summed E-state index contributed by atoms with van der Waals surface area (Å²) in [4.78, 5) is 33.2. The van der Waals surface area contributed by atoms with Crippen LogP contribution < -0.4 is 10.1 Å². The van der Waals surface area contributed by atoms with Gasteiger partial charge in [-0.05, 0) is 48.4 Å². The third-order valence-corrected chi connectivity index (χ3v) is 5.62. The minimum absolute atomic E-state index is 0.0181. The molecule has 4 aromatic rings. The summed E-state index contributed by atoms with van der Waals surface area (Å²) in [5, 5.41) is 3.46. The number of nitrogens with zero attached hydrogens (tertiary/aromatic N) is 2. The van der Waals surface area contributed by atoms with Crippen LogP contribution in [0.4, 0.5) is 10.2 Å². The molecule has 6 nitrogen and oxygen atoms in total. The molecular weight excluding hydrogens is 421 g/mol. The Kier molecular flexibility index (Phi) is 5.30. The SMILES string of the molecule is Cc1ccc(F)c(CC(=O)Cc2ccc(Oc3ccnc4c3CC(=O)N4)c3cccnc23)c1. The van der Waals surface area contributed by atoms with Gasteiger partial charge < -0.3 is 10.1 Å². The Bertz CT molecular complexity index is 1420. The molecular formula is C26H20FN3O3. The van der Waals surface area contributed by atoms with Crippen molar-refractivity contribution in [2.75, 3.05) is 5.32 Å². The molecule has 2 aromatic carbocycles.